The maximum Gasteiger partial charge on any atom is 0.0158 e. The molecule has 0 aromatic carbocycles. The molecule has 0 saturated carbocycles. The molecule has 0 aliphatic heterocycles. The molecule has 224 valence electrons. The Morgan fingerprint density at radius 1 is 0.324 bits per heavy atom. The zero-order chi connectivity index (χ0) is 27.7. The highest BCUT2D eigenvalue weighted by Crippen LogP contribution is 2.34. The van der Waals surface area contributed by atoms with Gasteiger partial charge in [0.15, 0.2) is 0 Å². The van der Waals surface area contributed by atoms with E-state index in [1.54, 1.807) is 0 Å². The minimum atomic E-state index is 0.315. The van der Waals surface area contributed by atoms with Crippen LogP contribution < -0.4 is 0 Å². The van der Waals surface area contributed by atoms with E-state index in [0.29, 0.717) is 11.1 Å². The van der Waals surface area contributed by atoms with Crippen LogP contribution >= 0.6 is 0 Å². The highest BCUT2D eigenvalue weighted by molar-refractivity contribution is 4.92. The molecule has 0 N–H and O–H groups in total. The summed E-state index contributed by atoms with van der Waals surface area (Å²) in [5.74, 6) is 0. The van der Waals surface area contributed by atoms with Gasteiger partial charge in [-0.15, -0.1) is 0 Å². The predicted molar refractivity (Wildman–Crippen MR) is 172 cm³/mol. The Morgan fingerprint density at radius 2 is 0.568 bits per heavy atom. The van der Waals surface area contributed by atoms with Crippen molar-refractivity contribution < 1.29 is 0 Å². The average Bonchev–Trinajstić information content (AvgIpc) is 2.85. The van der Waals surface area contributed by atoms with Crippen LogP contribution in [-0.4, -0.2) is 22.5 Å². The third-order valence-corrected chi connectivity index (χ3v) is 8.98. The molecule has 37 heavy (non-hydrogen) atoms. The van der Waals surface area contributed by atoms with Gasteiger partial charge in [0.1, 0.15) is 0 Å². The van der Waals surface area contributed by atoms with Crippen molar-refractivity contribution in [3.8, 4) is 0 Å². The van der Waals surface area contributed by atoms with Gasteiger partial charge in [0.2, 0.25) is 0 Å². The number of hydrogen-bond donors (Lipinski definition) is 0. The molecule has 0 rings (SSSR count). The fraction of sp³-hybridized carbons (Fsp3) is 1.00. The first-order chi connectivity index (χ1) is 17.8. The highest BCUT2D eigenvalue weighted by Gasteiger charge is 2.36. The minimum Gasteiger partial charge on any atom is -0.293 e. The monoisotopic (exact) mass is 522 g/mol. The molecule has 0 fully saturated rings. The second kappa shape index (κ2) is 25.0. The van der Waals surface area contributed by atoms with Crippen LogP contribution in [0.1, 0.15) is 215 Å². The van der Waals surface area contributed by atoms with Gasteiger partial charge in [0.05, 0.1) is 0 Å². The Bertz CT molecular complexity index is 426. The van der Waals surface area contributed by atoms with Gasteiger partial charge in [-0.05, 0) is 53.5 Å². The molecular weight excluding hydrogens is 446 g/mol. The summed E-state index contributed by atoms with van der Waals surface area (Å²) >= 11 is 0. The Morgan fingerprint density at radius 3 is 0.865 bits per heavy atom. The Labute approximate surface area is 237 Å². The molecule has 0 heterocycles. The fourth-order valence-corrected chi connectivity index (χ4v) is 6.48. The van der Waals surface area contributed by atoms with Crippen LogP contribution in [0.15, 0.2) is 0 Å². The van der Waals surface area contributed by atoms with Crippen molar-refractivity contribution >= 4 is 0 Å². The smallest absolute Gasteiger partial charge is 0.0158 e. The summed E-state index contributed by atoms with van der Waals surface area (Å²) in [6.45, 7) is 18.5. The molecule has 0 saturated heterocycles. The van der Waals surface area contributed by atoms with Crippen molar-refractivity contribution in [2.75, 3.05) is 6.54 Å². The lowest BCUT2D eigenvalue weighted by Crippen LogP contribution is -2.55. The van der Waals surface area contributed by atoms with Gasteiger partial charge in [-0.2, -0.15) is 0 Å². The molecule has 0 spiro atoms. The van der Waals surface area contributed by atoms with E-state index in [0.717, 1.165) is 0 Å². The zero-order valence-electron chi connectivity index (χ0n) is 27.5. The molecule has 0 aliphatic rings. The second-order valence-electron chi connectivity index (χ2n) is 13.7. The largest absolute Gasteiger partial charge is 0.293 e. The van der Waals surface area contributed by atoms with Crippen molar-refractivity contribution in [3.05, 3.63) is 0 Å². The predicted octanol–water partition coefficient (Wildman–Crippen LogP) is 13.0. The number of nitrogens with zero attached hydrogens (tertiary/aromatic N) is 1. The molecule has 0 unspecified atom stereocenters. The van der Waals surface area contributed by atoms with E-state index in [1.165, 1.54) is 173 Å². The SMILES string of the molecule is CCCCCCCCCCCCCCCCN(C(C)(C)CCCCCCC)C(C)(C)CCCCCCC. The molecule has 0 aromatic heterocycles. The van der Waals surface area contributed by atoms with Gasteiger partial charge in [0.25, 0.3) is 0 Å². The molecule has 0 atom stereocenters. The van der Waals surface area contributed by atoms with E-state index in [2.05, 4.69) is 53.4 Å². The first kappa shape index (κ1) is 37.0. The summed E-state index contributed by atoms with van der Waals surface area (Å²) in [6, 6.07) is 0. The molecule has 0 amide bonds. The highest BCUT2D eigenvalue weighted by atomic mass is 15.2. The maximum atomic E-state index is 2.94. The van der Waals surface area contributed by atoms with Gasteiger partial charge in [-0.3, -0.25) is 4.90 Å². The van der Waals surface area contributed by atoms with E-state index in [9.17, 15) is 0 Å². The second-order valence-corrected chi connectivity index (χ2v) is 13.7. The fourth-order valence-electron chi connectivity index (χ4n) is 6.48. The van der Waals surface area contributed by atoms with Crippen molar-refractivity contribution in [1.82, 2.24) is 4.90 Å². The summed E-state index contributed by atoms with van der Waals surface area (Å²) < 4.78 is 0. The van der Waals surface area contributed by atoms with Gasteiger partial charge in [0, 0.05) is 11.1 Å². The Kier molecular flexibility index (Phi) is 24.9. The molecule has 0 aliphatic carbocycles. The minimum absolute atomic E-state index is 0.315. The number of rotatable bonds is 29. The standard InChI is InChI=1S/C36H75N/c1-8-11-14-17-18-19-20-21-22-23-24-25-28-31-34-37(35(4,5)32-29-26-15-12-9-2)36(6,7)33-30-27-16-13-10-3/h8-34H2,1-7H3. The summed E-state index contributed by atoms with van der Waals surface area (Å²) in [5, 5.41) is 0. The lowest BCUT2D eigenvalue weighted by Gasteiger charge is -2.49. The van der Waals surface area contributed by atoms with Crippen LogP contribution in [0.4, 0.5) is 0 Å². The van der Waals surface area contributed by atoms with Crippen LogP contribution in [0.3, 0.4) is 0 Å². The average molecular weight is 522 g/mol. The topological polar surface area (TPSA) is 3.24 Å². The van der Waals surface area contributed by atoms with Gasteiger partial charge >= 0.3 is 0 Å². The van der Waals surface area contributed by atoms with Crippen LogP contribution in [0.2, 0.25) is 0 Å². The van der Waals surface area contributed by atoms with Crippen LogP contribution in [0, 0.1) is 0 Å². The molecule has 0 aromatic rings. The summed E-state index contributed by atoms with van der Waals surface area (Å²) in [7, 11) is 0. The normalized spacial score (nSPS) is 12.6. The van der Waals surface area contributed by atoms with Gasteiger partial charge in [-0.1, -0.05) is 168 Å². The lowest BCUT2D eigenvalue weighted by molar-refractivity contribution is 0.00152. The van der Waals surface area contributed by atoms with Crippen LogP contribution in [0.5, 0.6) is 0 Å². The maximum absolute atomic E-state index is 2.94. The Balaban J connectivity index is 4.36. The first-order valence-electron chi connectivity index (χ1n) is 17.6. The quantitative estimate of drug-likeness (QED) is 0.0884. The summed E-state index contributed by atoms with van der Waals surface area (Å²) in [5.41, 5.74) is 0.630. The first-order valence-corrected chi connectivity index (χ1v) is 17.6. The zero-order valence-corrected chi connectivity index (χ0v) is 27.5. The molecule has 1 heteroatoms. The van der Waals surface area contributed by atoms with Gasteiger partial charge < -0.3 is 0 Å². The van der Waals surface area contributed by atoms with E-state index in [-0.39, 0.29) is 0 Å². The van der Waals surface area contributed by atoms with Gasteiger partial charge in [-0.25, -0.2) is 0 Å². The van der Waals surface area contributed by atoms with E-state index < -0.39 is 0 Å². The summed E-state index contributed by atoms with van der Waals surface area (Å²) in [6.07, 6.45) is 37.0. The third kappa shape index (κ3) is 21.5. The molecule has 1 nitrogen and oxygen atoms in total. The van der Waals surface area contributed by atoms with Crippen molar-refractivity contribution in [2.45, 2.75) is 226 Å². The Hall–Kier alpha value is -0.0400. The van der Waals surface area contributed by atoms with Crippen LogP contribution in [-0.2, 0) is 0 Å². The lowest BCUT2D eigenvalue weighted by atomic mass is 9.85. The van der Waals surface area contributed by atoms with E-state index >= 15 is 0 Å². The van der Waals surface area contributed by atoms with Crippen molar-refractivity contribution in [1.29, 1.82) is 0 Å². The van der Waals surface area contributed by atoms with Crippen LogP contribution in [0.25, 0.3) is 0 Å². The van der Waals surface area contributed by atoms with Crippen molar-refractivity contribution in [3.63, 3.8) is 0 Å². The van der Waals surface area contributed by atoms with E-state index in [1.807, 2.05) is 0 Å². The molecular formula is C36H75N. The molecule has 0 bridgehead atoms. The van der Waals surface area contributed by atoms with Crippen molar-refractivity contribution in [2.24, 2.45) is 0 Å². The number of unbranched alkanes of at least 4 members (excludes halogenated alkanes) is 21. The number of hydrogen-bond acceptors (Lipinski definition) is 1. The summed E-state index contributed by atoms with van der Waals surface area (Å²) in [4.78, 5) is 2.94. The third-order valence-electron chi connectivity index (χ3n) is 8.98. The van der Waals surface area contributed by atoms with E-state index in [4.69, 9.17) is 0 Å². The molecule has 0 radical (unpaired) electrons.